The van der Waals surface area contributed by atoms with Crippen LogP contribution in [-0.4, -0.2) is 22.2 Å². The van der Waals surface area contributed by atoms with E-state index in [1.54, 1.807) is 0 Å². The number of fused-ring (bicyclic) bond motifs is 3. The molecule has 0 spiro atoms. The Balaban J connectivity index is 0.00000277. The highest BCUT2D eigenvalue weighted by Crippen LogP contribution is 2.66. The number of rotatable bonds is 5. The first-order chi connectivity index (χ1) is 18.9. The number of aromatic nitrogens is 1. The zero-order valence-corrected chi connectivity index (χ0v) is 23.9. The number of pyridine rings is 1. The molecule has 3 nitrogen and oxygen atoms in total. The third-order valence-corrected chi connectivity index (χ3v) is 12.7. The van der Waals surface area contributed by atoms with Crippen molar-refractivity contribution < 1.29 is 17.0 Å². The molecule has 4 aromatic carbocycles. The van der Waals surface area contributed by atoms with E-state index in [1.165, 1.54) is 27.0 Å². The van der Waals surface area contributed by atoms with Crippen molar-refractivity contribution in [2.45, 2.75) is 11.7 Å². The molecule has 2 atom stereocenters. The zero-order chi connectivity index (χ0) is 25.4. The van der Waals surface area contributed by atoms with Crippen LogP contribution in [0, 0.1) is 0 Å². The maximum atomic E-state index is 4.81. The molecule has 1 aromatic heterocycles. The van der Waals surface area contributed by atoms with Crippen molar-refractivity contribution in [2.75, 3.05) is 11.6 Å². The summed E-state index contributed by atoms with van der Waals surface area (Å²) in [4.78, 5) is 4.81. The van der Waals surface area contributed by atoms with Gasteiger partial charge in [0.15, 0.2) is 0 Å². The van der Waals surface area contributed by atoms with Gasteiger partial charge in [0.05, 0.1) is 6.54 Å². The van der Waals surface area contributed by atoms with Gasteiger partial charge in [0.2, 0.25) is 0 Å². The van der Waals surface area contributed by atoms with Gasteiger partial charge in [-0.3, -0.25) is 10.0 Å². The first-order valence-electron chi connectivity index (χ1n) is 13.2. The largest absolute Gasteiger partial charge is 1.00 e. The van der Waals surface area contributed by atoms with Crippen LogP contribution in [-0.2, 0) is 0 Å². The van der Waals surface area contributed by atoms with Crippen LogP contribution in [0.2, 0.25) is 0 Å². The van der Waals surface area contributed by atoms with Crippen LogP contribution < -0.4 is 37.9 Å². The van der Waals surface area contributed by atoms with Crippen molar-refractivity contribution in [3.05, 3.63) is 157 Å². The molecule has 3 heterocycles. The van der Waals surface area contributed by atoms with Crippen LogP contribution in [0.3, 0.4) is 0 Å². The summed E-state index contributed by atoms with van der Waals surface area (Å²) in [5.41, 5.74) is 2.97. The van der Waals surface area contributed by atoms with E-state index in [9.17, 15) is 0 Å². The summed E-state index contributed by atoms with van der Waals surface area (Å²) < 4.78 is 0. The average Bonchev–Trinajstić information content (AvgIpc) is 3.40. The third-order valence-electron chi connectivity index (χ3n) is 7.91. The second kappa shape index (κ2) is 10.8. The van der Waals surface area contributed by atoms with Gasteiger partial charge in [0.25, 0.3) is 0 Å². The van der Waals surface area contributed by atoms with E-state index in [1.807, 2.05) is 12.3 Å². The number of hydrazine groups is 1. The highest BCUT2D eigenvalue weighted by atomic mass is 79.9. The Morgan fingerprint density at radius 3 is 1.72 bits per heavy atom. The molecule has 1 fully saturated rings. The first kappa shape index (κ1) is 25.6. The topological polar surface area (TPSA) is 19.4 Å². The minimum atomic E-state index is -2.15. The van der Waals surface area contributed by atoms with Crippen LogP contribution in [0.4, 0.5) is 5.82 Å². The van der Waals surface area contributed by atoms with E-state index in [2.05, 4.69) is 150 Å². The lowest BCUT2D eigenvalue weighted by Gasteiger charge is -2.38. The van der Waals surface area contributed by atoms with E-state index in [0.29, 0.717) is 5.66 Å². The molecule has 0 radical (unpaired) electrons. The van der Waals surface area contributed by atoms with Crippen LogP contribution in [0.1, 0.15) is 17.2 Å². The summed E-state index contributed by atoms with van der Waals surface area (Å²) in [6, 6.07) is 49.0. The Morgan fingerprint density at radius 2 is 1.15 bits per heavy atom. The number of benzene rings is 4. The number of anilines is 1. The molecular formula is C34H29BrN3P. The van der Waals surface area contributed by atoms with Gasteiger partial charge in [-0.25, -0.2) is 4.98 Å². The smallest absolute Gasteiger partial charge is 0.147 e. The zero-order valence-electron chi connectivity index (χ0n) is 21.5. The fraction of sp³-hybridized carbons (Fsp3) is 0.0882. The lowest BCUT2D eigenvalue weighted by Crippen LogP contribution is -3.00. The predicted molar refractivity (Wildman–Crippen MR) is 161 cm³/mol. The van der Waals surface area contributed by atoms with Crippen molar-refractivity contribution in [3.63, 3.8) is 0 Å². The Labute approximate surface area is 241 Å². The summed E-state index contributed by atoms with van der Waals surface area (Å²) in [5, 5.41) is 9.08. The molecule has 1 saturated heterocycles. The van der Waals surface area contributed by atoms with E-state index >= 15 is 0 Å². The van der Waals surface area contributed by atoms with Gasteiger partial charge in [0, 0.05) is 12.4 Å². The van der Waals surface area contributed by atoms with E-state index < -0.39 is 7.26 Å². The number of nitrogens with zero attached hydrogens (tertiary/aromatic N) is 3. The molecule has 5 heteroatoms. The summed E-state index contributed by atoms with van der Waals surface area (Å²) in [6.07, 6.45) is 6.41. The second-order valence-corrected chi connectivity index (χ2v) is 13.5. The van der Waals surface area contributed by atoms with Crippen molar-refractivity contribution in [1.82, 2.24) is 9.99 Å². The molecule has 7 rings (SSSR count). The maximum Gasteiger partial charge on any atom is 0.147 e. The van der Waals surface area contributed by atoms with Gasteiger partial charge in [-0.2, -0.15) is 0 Å². The van der Waals surface area contributed by atoms with Gasteiger partial charge < -0.3 is 17.0 Å². The van der Waals surface area contributed by atoms with Crippen molar-refractivity contribution in [3.8, 4) is 0 Å². The number of hydrogen-bond acceptors (Lipinski definition) is 3. The fourth-order valence-corrected chi connectivity index (χ4v) is 11.5. The summed E-state index contributed by atoms with van der Waals surface area (Å²) in [5.74, 6) is 0.983. The lowest BCUT2D eigenvalue weighted by atomic mass is 9.96. The monoisotopic (exact) mass is 589 g/mol. The van der Waals surface area contributed by atoms with Crippen LogP contribution in [0.25, 0.3) is 6.08 Å². The minimum Gasteiger partial charge on any atom is -1.00 e. The normalized spacial score (nSPS) is 17.7. The molecular weight excluding hydrogens is 561 g/mol. The van der Waals surface area contributed by atoms with E-state index in [4.69, 9.17) is 4.98 Å². The van der Waals surface area contributed by atoms with Gasteiger partial charge >= 0.3 is 0 Å². The summed E-state index contributed by atoms with van der Waals surface area (Å²) >= 11 is 0. The Kier molecular flexibility index (Phi) is 7.08. The molecule has 192 valence electrons. The lowest BCUT2D eigenvalue weighted by molar-refractivity contribution is -0.00000726. The maximum absolute atomic E-state index is 4.81. The highest BCUT2D eigenvalue weighted by Gasteiger charge is 2.61. The highest BCUT2D eigenvalue weighted by molar-refractivity contribution is 7.96. The molecule has 0 bridgehead atoms. The second-order valence-electron chi connectivity index (χ2n) is 9.84. The minimum absolute atomic E-state index is 0. The molecule has 0 N–H and O–H groups in total. The van der Waals surface area contributed by atoms with Crippen LogP contribution in [0.15, 0.2) is 146 Å². The Bertz CT molecular complexity index is 1470. The van der Waals surface area contributed by atoms with Gasteiger partial charge in [-0.05, 0) is 65.7 Å². The van der Waals surface area contributed by atoms with Gasteiger partial charge in [0.1, 0.15) is 40.7 Å². The summed E-state index contributed by atoms with van der Waals surface area (Å²) in [7, 11) is -2.15. The fourth-order valence-electron chi connectivity index (χ4n) is 6.37. The SMILES string of the molecule is C1=CN2C(c3ccccc31)C([P+](c1ccccc1)(c1ccccc1)c1ccccc1)CN2c1ccccn1.[Br-]. The standard InChI is InChI=1S/C34H29N3P.BrH/c1-4-15-28(16-5-1)38(29-17-6-2-7-18-29,30-19-8-3-9-20-30)32-26-37(33-22-12-13-24-35-33)36-25-23-27-14-10-11-21-31(27)34(32)36;/h1-25,32,34H,26H2;1H/q+1;/p-1. The molecule has 2 aliphatic heterocycles. The third kappa shape index (κ3) is 4.19. The predicted octanol–water partition coefficient (Wildman–Crippen LogP) is 3.21. The molecule has 2 aliphatic rings. The van der Waals surface area contributed by atoms with Crippen molar-refractivity contribution in [2.24, 2.45) is 0 Å². The van der Waals surface area contributed by atoms with Crippen molar-refractivity contribution >= 4 is 35.1 Å². The molecule has 0 amide bonds. The van der Waals surface area contributed by atoms with E-state index in [0.717, 1.165) is 12.4 Å². The number of hydrogen-bond donors (Lipinski definition) is 0. The molecule has 2 unspecified atom stereocenters. The van der Waals surface area contributed by atoms with Gasteiger partial charge in [-0.1, -0.05) is 84.9 Å². The molecule has 39 heavy (non-hydrogen) atoms. The van der Waals surface area contributed by atoms with Crippen molar-refractivity contribution in [1.29, 1.82) is 0 Å². The average molecular weight is 591 g/mol. The van der Waals surface area contributed by atoms with Crippen LogP contribution in [0.5, 0.6) is 0 Å². The molecule has 0 saturated carbocycles. The number of halogens is 1. The van der Waals surface area contributed by atoms with Crippen LogP contribution >= 0.6 is 7.26 Å². The molecule has 5 aromatic rings. The van der Waals surface area contributed by atoms with E-state index in [-0.39, 0.29) is 23.0 Å². The van der Waals surface area contributed by atoms with Gasteiger partial charge in [-0.15, -0.1) is 0 Å². The summed E-state index contributed by atoms with van der Waals surface area (Å²) in [6.45, 7) is 0.868. The molecule has 0 aliphatic carbocycles. The quantitative estimate of drug-likeness (QED) is 0.294. The Hall–Kier alpha value is -3.72. The Morgan fingerprint density at radius 1 is 0.615 bits per heavy atom. The first-order valence-corrected chi connectivity index (χ1v) is 15.0.